The van der Waals surface area contributed by atoms with Crippen molar-refractivity contribution in [3.8, 4) is 11.4 Å². The molecule has 84 valence electrons. The number of aromatic nitrogens is 4. The molecule has 0 bridgehead atoms. The average molecular weight is 257 g/mol. The van der Waals surface area contributed by atoms with Crippen molar-refractivity contribution in [1.29, 1.82) is 0 Å². The Morgan fingerprint density at radius 3 is 2.88 bits per heavy atom. The molecule has 0 radical (unpaired) electrons. The standard InChI is InChI=1S/C10H10Cl2N4/c1-2-4-16-5-3-13-10(16)7-6-8(11)14-15-9(7)12/h3,5-6H,2,4H2,1H3. The van der Waals surface area contributed by atoms with E-state index in [1.807, 2.05) is 10.8 Å². The number of rotatable bonds is 3. The highest BCUT2D eigenvalue weighted by molar-refractivity contribution is 6.33. The van der Waals surface area contributed by atoms with Gasteiger partial charge in [-0.15, -0.1) is 10.2 Å². The van der Waals surface area contributed by atoms with Crippen molar-refractivity contribution in [2.24, 2.45) is 0 Å². The zero-order valence-electron chi connectivity index (χ0n) is 8.69. The summed E-state index contributed by atoms with van der Waals surface area (Å²) in [4.78, 5) is 4.26. The van der Waals surface area contributed by atoms with E-state index >= 15 is 0 Å². The predicted molar refractivity (Wildman–Crippen MR) is 63.6 cm³/mol. The third-order valence-corrected chi connectivity index (χ3v) is 2.60. The number of aryl methyl sites for hydroxylation is 1. The molecule has 2 rings (SSSR count). The van der Waals surface area contributed by atoms with Crippen LogP contribution in [0.5, 0.6) is 0 Å². The van der Waals surface area contributed by atoms with Crippen LogP contribution in [0.2, 0.25) is 10.3 Å². The van der Waals surface area contributed by atoms with Crippen molar-refractivity contribution in [3.05, 3.63) is 28.8 Å². The second-order valence-corrected chi connectivity index (χ2v) is 4.06. The van der Waals surface area contributed by atoms with Gasteiger partial charge in [-0.1, -0.05) is 30.1 Å². The van der Waals surface area contributed by atoms with Gasteiger partial charge >= 0.3 is 0 Å². The molecule has 0 spiro atoms. The monoisotopic (exact) mass is 256 g/mol. The van der Waals surface area contributed by atoms with Crippen molar-refractivity contribution in [2.45, 2.75) is 19.9 Å². The molecule has 0 aliphatic rings. The van der Waals surface area contributed by atoms with Gasteiger partial charge in [-0.3, -0.25) is 0 Å². The largest absolute Gasteiger partial charge is 0.331 e. The van der Waals surface area contributed by atoms with Crippen molar-refractivity contribution in [2.75, 3.05) is 0 Å². The minimum Gasteiger partial charge on any atom is -0.331 e. The molecule has 0 aliphatic carbocycles. The first kappa shape index (κ1) is 11.4. The summed E-state index contributed by atoms with van der Waals surface area (Å²) in [6, 6.07) is 1.67. The molecule has 0 aromatic carbocycles. The molecular formula is C10H10Cl2N4. The van der Waals surface area contributed by atoms with E-state index in [9.17, 15) is 0 Å². The lowest BCUT2D eigenvalue weighted by Gasteiger charge is -2.06. The molecule has 2 aromatic heterocycles. The Morgan fingerprint density at radius 2 is 2.12 bits per heavy atom. The van der Waals surface area contributed by atoms with Gasteiger partial charge in [0.15, 0.2) is 10.3 Å². The lowest BCUT2D eigenvalue weighted by atomic mass is 10.3. The van der Waals surface area contributed by atoms with E-state index in [0.29, 0.717) is 15.9 Å². The smallest absolute Gasteiger partial charge is 0.162 e. The van der Waals surface area contributed by atoms with E-state index in [0.717, 1.165) is 18.8 Å². The molecule has 6 heteroatoms. The summed E-state index contributed by atoms with van der Waals surface area (Å²) in [5.41, 5.74) is 0.708. The van der Waals surface area contributed by atoms with Gasteiger partial charge in [0.2, 0.25) is 0 Å². The molecule has 0 N–H and O–H groups in total. The summed E-state index contributed by atoms with van der Waals surface area (Å²) in [6.45, 7) is 2.98. The van der Waals surface area contributed by atoms with Crippen LogP contribution in [0.3, 0.4) is 0 Å². The van der Waals surface area contributed by atoms with E-state index in [1.165, 1.54) is 0 Å². The Kier molecular flexibility index (Phi) is 3.41. The third-order valence-electron chi connectivity index (χ3n) is 2.14. The lowest BCUT2D eigenvalue weighted by Crippen LogP contribution is -2.00. The van der Waals surface area contributed by atoms with Crippen LogP contribution in [0.1, 0.15) is 13.3 Å². The maximum Gasteiger partial charge on any atom is 0.162 e. The maximum atomic E-state index is 5.97. The van der Waals surface area contributed by atoms with Crippen molar-refractivity contribution in [1.82, 2.24) is 19.7 Å². The van der Waals surface area contributed by atoms with Crippen LogP contribution in [-0.4, -0.2) is 19.7 Å². The van der Waals surface area contributed by atoms with Crippen LogP contribution in [-0.2, 0) is 6.54 Å². The molecular weight excluding hydrogens is 247 g/mol. The van der Waals surface area contributed by atoms with Gasteiger partial charge in [0.05, 0.1) is 5.56 Å². The van der Waals surface area contributed by atoms with Gasteiger partial charge in [0.25, 0.3) is 0 Å². The molecule has 2 heterocycles. The Morgan fingerprint density at radius 1 is 1.31 bits per heavy atom. The van der Waals surface area contributed by atoms with E-state index in [-0.39, 0.29) is 0 Å². The van der Waals surface area contributed by atoms with Crippen molar-refractivity contribution >= 4 is 23.2 Å². The summed E-state index contributed by atoms with van der Waals surface area (Å²) in [5, 5.41) is 8.06. The number of imidazole rings is 1. The minimum atomic E-state index is 0.311. The number of hydrogen-bond donors (Lipinski definition) is 0. The number of hydrogen-bond acceptors (Lipinski definition) is 3. The van der Waals surface area contributed by atoms with Gasteiger partial charge in [-0.05, 0) is 12.5 Å². The van der Waals surface area contributed by atoms with E-state index < -0.39 is 0 Å². The summed E-state index contributed by atoms with van der Waals surface area (Å²) >= 11 is 11.8. The predicted octanol–water partition coefficient (Wildman–Crippen LogP) is 3.06. The van der Waals surface area contributed by atoms with E-state index in [4.69, 9.17) is 23.2 Å². The number of nitrogens with zero attached hydrogens (tertiary/aromatic N) is 4. The highest BCUT2D eigenvalue weighted by Crippen LogP contribution is 2.26. The molecule has 0 atom stereocenters. The molecule has 2 aromatic rings. The molecule has 0 saturated carbocycles. The van der Waals surface area contributed by atoms with Crippen molar-refractivity contribution < 1.29 is 0 Å². The highest BCUT2D eigenvalue weighted by atomic mass is 35.5. The topological polar surface area (TPSA) is 43.6 Å². The van der Waals surface area contributed by atoms with Crippen molar-refractivity contribution in [3.63, 3.8) is 0 Å². The molecule has 4 nitrogen and oxygen atoms in total. The van der Waals surface area contributed by atoms with Crippen LogP contribution in [0.15, 0.2) is 18.5 Å². The third kappa shape index (κ3) is 2.18. The first-order valence-corrected chi connectivity index (χ1v) is 5.68. The first-order chi connectivity index (χ1) is 7.72. The summed E-state index contributed by atoms with van der Waals surface area (Å²) in [6.07, 6.45) is 4.66. The lowest BCUT2D eigenvalue weighted by molar-refractivity contribution is 0.685. The van der Waals surface area contributed by atoms with Gasteiger partial charge in [0, 0.05) is 18.9 Å². The maximum absolute atomic E-state index is 5.97. The summed E-state index contributed by atoms with van der Waals surface area (Å²) in [7, 11) is 0. The molecule has 16 heavy (non-hydrogen) atoms. The molecule has 0 amide bonds. The van der Waals surface area contributed by atoms with Crippen LogP contribution in [0, 0.1) is 0 Å². The average Bonchev–Trinajstić information content (AvgIpc) is 2.70. The fraction of sp³-hybridized carbons (Fsp3) is 0.300. The zero-order valence-corrected chi connectivity index (χ0v) is 10.2. The van der Waals surface area contributed by atoms with Crippen LogP contribution in [0.4, 0.5) is 0 Å². The van der Waals surface area contributed by atoms with E-state index in [1.54, 1.807) is 12.3 Å². The molecule has 0 fully saturated rings. The second kappa shape index (κ2) is 4.80. The molecule has 0 unspecified atom stereocenters. The first-order valence-electron chi connectivity index (χ1n) is 4.92. The fourth-order valence-corrected chi connectivity index (χ4v) is 1.81. The quantitative estimate of drug-likeness (QED) is 0.848. The Bertz CT molecular complexity index is 495. The summed E-state index contributed by atoms with van der Waals surface area (Å²) in [5.74, 6) is 0.767. The minimum absolute atomic E-state index is 0.311. The fourth-order valence-electron chi connectivity index (χ4n) is 1.48. The van der Waals surface area contributed by atoms with Crippen LogP contribution < -0.4 is 0 Å². The van der Waals surface area contributed by atoms with Gasteiger partial charge in [-0.25, -0.2) is 4.98 Å². The Hall–Kier alpha value is -1.13. The van der Waals surface area contributed by atoms with Gasteiger partial charge < -0.3 is 4.57 Å². The Balaban J connectivity index is 2.49. The highest BCUT2D eigenvalue weighted by Gasteiger charge is 2.11. The Labute approximate surface area is 103 Å². The number of halogens is 2. The second-order valence-electron chi connectivity index (χ2n) is 3.32. The van der Waals surface area contributed by atoms with Gasteiger partial charge in [0.1, 0.15) is 5.82 Å². The van der Waals surface area contributed by atoms with Crippen LogP contribution in [0.25, 0.3) is 11.4 Å². The van der Waals surface area contributed by atoms with Crippen LogP contribution >= 0.6 is 23.2 Å². The molecule has 0 saturated heterocycles. The zero-order chi connectivity index (χ0) is 11.5. The van der Waals surface area contributed by atoms with Gasteiger partial charge in [-0.2, -0.15) is 0 Å². The SMILES string of the molecule is CCCn1ccnc1-c1cc(Cl)nnc1Cl. The van der Waals surface area contributed by atoms with E-state index in [2.05, 4.69) is 22.1 Å². The molecule has 0 aliphatic heterocycles. The normalized spacial score (nSPS) is 10.7. The summed E-state index contributed by atoms with van der Waals surface area (Å²) < 4.78 is 2.01.